The molecule has 0 amide bonds. The minimum atomic E-state index is -0.574. The quantitative estimate of drug-likeness (QED) is 0.265. The van der Waals surface area contributed by atoms with Crippen LogP contribution in [0.1, 0.15) is 134 Å². The summed E-state index contributed by atoms with van der Waals surface area (Å²) in [5.41, 5.74) is 1.20. The Labute approximate surface area is 288 Å². The highest BCUT2D eigenvalue weighted by atomic mass is 16.5. The lowest BCUT2D eigenvalue weighted by Gasteiger charge is -2.71. The lowest BCUT2D eigenvalue weighted by Crippen LogP contribution is -2.69. The highest BCUT2D eigenvalue weighted by molar-refractivity contribution is 5.73. The Hall–Kier alpha value is -0.910. The maximum absolute atomic E-state index is 13.4. The van der Waals surface area contributed by atoms with Gasteiger partial charge in [0.25, 0.3) is 0 Å². The summed E-state index contributed by atoms with van der Waals surface area (Å²) in [6.07, 6.45) is 13.2. The molecule has 5 nitrogen and oxygen atoms in total. The number of ether oxygens (including phenoxy) is 2. The van der Waals surface area contributed by atoms with Crippen LogP contribution in [0.15, 0.2) is 11.6 Å². The minimum Gasteiger partial charge on any atom is -0.481 e. The molecule has 0 radical (unpaired) electrons. The predicted octanol–water partition coefficient (Wildman–Crippen LogP) is 9.50. The van der Waals surface area contributed by atoms with E-state index in [9.17, 15) is 9.90 Å². The highest BCUT2D eigenvalue weighted by Crippen LogP contribution is 2.75. The summed E-state index contributed by atoms with van der Waals surface area (Å²) in [6.45, 7) is 31.1. The van der Waals surface area contributed by atoms with Crippen molar-refractivity contribution >= 4 is 5.97 Å². The average Bonchev–Trinajstić information content (AvgIpc) is 3.00. The number of hydrogen-bond donors (Lipinski definition) is 1. The van der Waals surface area contributed by atoms with Gasteiger partial charge in [0.05, 0.1) is 31.8 Å². The number of carbonyl (C=O) groups is 1. The Balaban J connectivity index is 1.32. The van der Waals surface area contributed by atoms with Crippen molar-refractivity contribution in [1.82, 2.24) is 4.90 Å². The number of hydrogen-bond acceptors (Lipinski definition) is 4. The van der Waals surface area contributed by atoms with E-state index in [0.717, 1.165) is 45.5 Å². The number of aliphatic carboxylic acids is 1. The molecule has 3 saturated carbocycles. The van der Waals surface area contributed by atoms with Gasteiger partial charge in [-0.2, -0.15) is 0 Å². The van der Waals surface area contributed by atoms with E-state index in [0.29, 0.717) is 35.5 Å². The number of carboxylic acids is 1. The smallest absolute Gasteiger partial charge is 0.307 e. The number of allylic oxidation sites excluding steroid dienone is 1. The van der Waals surface area contributed by atoms with Crippen molar-refractivity contribution in [3.05, 3.63) is 11.6 Å². The first kappa shape index (κ1) is 35.9. The second kappa shape index (κ2) is 12.1. The Bertz CT molecular complexity index is 1220. The maximum Gasteiger partial charge on any atom is 0.307 e. The molecule has 2 heterocycles. The van der Waals surface area contributed by atoms with Gasteiger partial charge in [0.1, 0.15) is 0 Å². The van der Waals surface area contributed by atoms with Crippen molar-refractivity contribution in [2.75, 3.05) is 32.9 Å². The first-order valence-corrected chi connectivity index (χ1v) is 19.8. The van der Waals surface area contributed by atoms with E-state index in [2.05, 4.69) is 87.1 Å². The summed E-state index contributed by atoms with van der Waals surface area (Å²) in [5.74, 6) is 1.87. The molecular formula is C42H71NO4. The molecule has 6 rings (SSSR count). The Morgan fingerprint density at radius 3 is 2.32 bits per heavy atom. The fourth-order valence-corrected chi connectivity index (χ4v) is 13.7. The van der Waals surface area contributed by atoms with Crippen LogP contribution >= 0.6 is 0 Å². The fourth-order valence-electron chi connectivity index (χ4n) is 13.7. The second-order valence-electron chi connectivity index (χ2n) is 19.8. The van der Waals surface area contributed by atoms with Crippen molar-refractivity contribution in [1.29, 1.82) is 0 Å². The zero-order chi connectivity index (χ0) is 34.4. The van der Waals surface area contributed by atoms with E-state index in [1.807, 2.05) is 0 Å². The second-order valence-corrected chi connectivity index (χ2v) is 19.8. The Morgan fingerprint density at radius 2 is 1.70 bits per heavy atom. The monoisotopic (exact) mass is 654 g/mol. The fraction of sp³-hybridized carbons (Fsp3) is 0.929. The highest BCUT2D eigenvalue weighted by Gasteiger charge is 2.71. The molecule has 0 aromatic carbocycles. The van der Waals surface area contributed by atoms with E-state index in [4.69, 9.17) is 9.47 Å². The van der Waals surface area contributed by atoms with Crippen molar-refractivity contribution in [2.24, 2.45) is 68.5 Å². The zero-order valence-electron chi connectivity index (χ0n) is 32.2. The third-order valence-electron chi connectivity index (χ3n) is 17.2. The number of carboxylic acid groups (broad SMARTS) is 1. The summed E-state index contributed by atoms with van der Waals surface area (Å²) in [5, 5.41) is 11.0. The van der Waals surface area contributed by atoms with Crippen LogP contribution in [0.5, 0.6) is 0 Å². The first-order chi connectivity index (χ1) is 21.9. The predicted molar refractivity (Wildman–Crippen MR) is 191 cm³/mol. The topological polar surface area (TPSA) is 59.0 Å². The van der Waals surface area contributed by atoms with Crippen molar-refractivity contribution in [2.45, 2.75) is 146 Å². The van der Waals surface area contributed by atoms with E-state index in [-0.39, 0.29) is 44.6 Å². The third kappa shape index (κ3) is 5.02. The molecule has 4 aliphatic carbocycles. The minimum absolute atomic E-state index is 0.0232. The van der Waals surface area contributed by atoms with E-state index >= 15 is 0 Å². The summed E-state index contributed by atoms with van der Waals surface area (Å²) in [4.78, 5) is 16.1. The number of likely N-dealkylation sites (tertiary alicyclic amines) is 1. The van der Waals surface area contributed by atoms with Crippen LogP contribution in [0.25, 0.3) is 0 Å². The van der Waals surface area contributed by atoms with Crippen LogP contribution in [0, 0.1) is 68.5 Å². The average molecular weight is 654 g/mol. The lowest BCUT2D eigenvalue weighted by molar-refractivity contribution is -0.256. The molecule has 268 valence electrons. The number of rotatable bonds is 8. The molecule has 2 aliphatic heterocycles. The summed E-state index contributed by atoms with van der Waals surface area (Å²) in [6, 6.07) is 0. The van der Waals surface area contributed by atoms with Crippen LogP contribution in [0.3, 0.4) is 0 Å². The Kier molecular flexibility index (Phi) is 9.25. The third-order valence-corrected chi connectivity index (χ3v) is 17.2. The molecule has 5 fully saturated rings. The molecule has 0 unspecified atom stereocenters. The molecule has 0 aromatic rings. The van der Waals surface area contributed by atoms with Crippen LogP contribution in [-0.2, 0) is 14.3 Å². The molecule has 1 N–H and O–H groups in total. The summed E-state index contributed by atoms with van der Waals surface area (Å²) < 4.78 is 14.0. The van der Waals surface area contributed by atoms with Gasteiger partial charge in [-0.3, -0.25) is 9.69 Å². The summed E-state index contributed by atoms with van der Waals surface area (Å²) >= 11 is 0. The van der Waals surface area contributed by atoms with Crippen LogP contribution < -0.4 is 0 Å². The largest absolute Gasteiger partial charge is 0.481 e. The van der Waals surface area contributed by atoms with E-state index in [1.165, 1.54) is 45.2 Å². The first-order valence-electron chi connectivity index (χ1n) is 19.8. The molecule has 12 atom stereocenters. The molecule has 2 bridgehead atoms. The number of piperidine rings is 1. The zero-order valence-corrected chi connectivity index (χ0v) is 32.2. The van der Waals surface area contributed by atoms with Gasteiger partial charge < -0.3 is 14.6 Å². The van der Waals surface area contributed by atoms with Gasteiger partial charge in [0, 0.05) is 16.4 Å². The van der Waals surface area contributed by atoms with Crippen molar-refractivity contribution < 1.29 is 19.4 Å². The molecule has 0 spiro atoms. The van der Waals surface area contributed by atoms with E-state index < -0.39 is 5.97 Å². The van der Waals surface area contributed by atoms with Crippen molar-refractivity contribution in [3.8, 4) is 0 Å². The van der Waals surface area contributed by atoms with Crippen LogP contribution in [-0.4, -0.2) is 60.5 Å². The molecular weight excluding hydrogens is 582 g/mol. The molecule has 47 heavy (non-hydrogen) atoms. The molecule has 6 aliphatic rings. The summed E-state index contributed by atoms with van der Waals surface area (Å²) in [7, 11) is 0. The Morgan fingerprint density at radius 1 is 1.02 bits per heavy atom. The normalized spacial score (nSPS) is 47.3. The van der Waals surface area contributed by atoms with Gasteiger partial charge in [-0.05, 0) is 123 Å². The molecule has 5 heteroatoms. The number of nitrogens with zero attached hydrogens (tertiary/aromatic N) is 1. The van der Waals surface area contributed by atoms with Gasteiger partial charge in [-0.1, -0.05) is 87.3 Å². The van der Waals surface area contributed by atoms with Crippen LogP contribution in [0.4, 0.5) is 0 Å². The van der Waals surface area contributed by atoms with Crippen molar-refractivity contribution in [3.63, 3.8) is 0 Å². The van der Waals surface area contributed by atoms with Gasteiger partial charge in [0.2, 0.25) is 0 Å². The molecule has 2 saturated heterocycles. The number of fused-ring (bicyclic) bond motifs is 3. The van der Waals surface area contributed by atoms with Crippen LogP contribution in [0.2, 0.25) is 0 Å². The SMILES string of the molecule is CC(C)[C@@H](C)[C@@]1(C)CC[C@]2(C)[C@H]3CC[C@@H]4[C@@]5(COC[C@]4(C)[C@@H](OC[C@](C)(C(C)C)N4CCCCC4)[C@H](C)C5)C3=CC[C@@]2(C)[C@@H]1C(=O)O. The van der Waals surface area contributed by atoms with Gasteiger partial charge in [-0.15, -0.1) is 0 Å². The maximum atomic E-state index is 13.4. The standard InChI is InChI=1S/C42H71NO4/c1-27(2)30(6)37(7)19-20-39(9)31-15-16-33-38(8)24-46-26-42(33,32(31)17-18-40(39,10)34(37)36(44)45)23-29(5)35(38)47-25-41(11,28(3)4)43-21-13-12-14-22-43/h17,27-31,33-35H,12-16,18-26H2,1-11H3,(H,44,45)/t29-,30-,31+,33+,34-,35+,37-,38+,39-,40+,41-,42+/m1/s1. The van der Waals surface area contributed by atoms with Gasteiger partial charge >= 0.3 is 5.97 Å². The van der Waals surface area contributed by atoms with Gasteiger partial charge in [0.15, 0.2) is 0 Å². The molecule has 0 aromatic heterocycles. The van der Waals surface area contributed by atoms with E-state index in [1.54, 1.807) is 5.57 Å². The lowest BCUT2D eigenvalue weighted by atomic mass is 9.34. The van der Waals surface area contributed by atoms with Gasteiger partial charge in [-0.25, -0.2) is 0 Å².